The van der Waals surface area contributed by atoms with Crippen LogP contribution in [0, 0.1) is 0 Å². The number of nitrogens with one attached hydrogen (secondary N) is 2. The summed E-state index contributed by atoms with van der Waals surface area (Å²) >= 11 is 0. The maximum Gasteiger partial charge on any atom is 0.119 e. The predicted octanol–water partition coefficient (Wildman–Crippen LogP) is 4.16. The lowest BCUT2D eigenvalue weighted by molar-refractivity contribution is 0.415. The molecule has 0 bridgehead atoms. The number of fused-ring (bicyclic) bond motifs is 1. The molecule has 0 aliphatic carbocycles. The van der Waals surface area contributed by atoms with Gasteiger partial charge in [0.25, 0.3) is 0 Å². The van der Waals surface area contributed by atoms with E-state index in [4.69, 9.17) is 4.74 Å². The number of aromatic nitrogens is 1. The first kappa shape index (κ1) is 15.2. The van der Waals surface area contributed by atoms with Gasteiger partial charge in [-0.1, -0.05) is 18.2 Å². The maximum absolute atomic E-state index is 5.15. The first-order valence-corrected chi connectivity index (χ1v) is 7.82. The molecule has 0 saturated heterocycles. The first-order chi connectivity index (χ1) is 11.4. The molecule has 3 aromatic rings. The van der Waals surface area contributed by atoms with Crippen molar-refractivity contribution in [1.82, 2.24) is 4.98 Å². The van der Waals surface area contributed by atoms with Crippen LogP contribution in [0.5, 0.6) is 5.75 Å². The Labute approximate surface area is 136 Å². The zero-order valence-corrected chi connectivity index (χ0v) is 13.3. The average molecular weight is 307 g/mol. The number of hydrogen-bond acceptors (Lipinski definition) is 4. The predicted molar refractivity (Wildman–Crippen MR) is 96.3 cm³/mol. The molecule has 4 heteroatoms. The van der Waals surface area contributed by atoms with Gasteiger partial charge in [0.1, 0.15) is 5.75 Å². The molecular formula is C19H21N3O. The minimum atomic E-state index is 0.877. The Kier molecular flexibility index (Phi) is 4.94. The van der Waals surface area contributed by atoms with Crippen molar-refractivity contribution < 1.29 is 4.74 Å². The molecule has 0 amide bonds. The smallest absolute Gasteiger partial charge is 0.119 e. The fourth-order valence-corrected chi connectivity index (χ4v) is 2.50. The Morgan fingerprint density at radius 1 is 0.913 bits per heavy atom. The van der Waals surface area contributed by atoms with Crippen LogP contribution in [0.4, 0.5) is 11.4 Å². The van der Waals surface area contributed by atoms with Gasteiger partial charge >= 0.3 is 0 Å². The molecular weight excluding hydrogens is 286 g/mol. The second-order valence-corrected chi connectivity index (χ2v) is 5.31. The molecule has 4 nitrogen and oxygen atoms in total. The molecule has 2 aromatic carbocycles. The summed E-state index contributed by atoms with van der Waals surface area (Å²) in [5.74, 6) is 0.877. The van der Waals surface area contributed by atoms with Crippen LogP contribution in [0.2, 0.25) is 0 Å². The number of benzene rings is 2. The summed E-state index contributed by atoms with van der Waals surface area (Å²) in [7, 11) is 1.68. The molecule has 0 spiro atoms. The number of hydrogen-bond donors (Lipinski definition) is 2. The monoisotopic (exact) mass is 307 g/mol. The van der Waals surface area contributed by atoms with Crippen molar-refractivity contribution in [2.24, 2.45) is 0 Å². The molecule has 0 atom stereocenters. The van der Waals surface area contributed by atoms with E-state index in [-0.39, 0.29) is 0 Å². The number of methoxy groups -OCH3 is 1. The van der Waals surface area contributed by atoms with E-state index in [1.54, 1.807) is 7.11 Å². The standard InChI is InChI=1S/C19H21N3O/c1-23-16-9-7-15(8-10-16)20-12-4-13-21-19-11-14-22-18-6-3-2-5-17(18)19/h2-3,5-11,14,20H,4,12-13H2,1H3,(H,21,22). The number of ether oxygens (including phenoxy) is 1. The van der Waals surface area contributed by atoms with Crippen molar-refractivity contribution in [3.8, 4) is 5.75 Å². The van der Waals surface area contributed by atoms with Gasteiger partial charge < -0.3 is 15.4 Å². The van der Waals surface area contributed by atoms with Gasteiger partial charge in [-0.3, -0.25) is 4.98 Å². The maximum atomic E-state index is 5.15. The zero-order valence-electron chi connectivity index (χ0n) is 13.3. The molecule has 23 heavy (non-hydrogen) atoms. The highest BCUT2D eigenvalue weighted by atomic mass is 16.5. The quantitative estimate of drug-likeness (QED) is 0.643. The Bertz CT molecular complexity index is 751. The van der Waals surface area contributed by atoms with Crippen molar-refractivity contribution in [1.29, 1.82) is 0 Å². The molecule has 3 rings (SSSR count). The van der Waals surface area contributed by atoms with Crippen LogP contribution >= 0.6 is 0 Å². The average Bonchev–Trinajstić information content (AvgIpc) is 2.62. The lowest BCUT2D eigenvalue weighted by atomic mass is 10.2. The third-order valence-electron chi connectivity index (χ3n) is 3.74. The summed E-state index contributed by atoms with van der Waals surface area (Å²) in [4.78, 5) is 4.38. The molecule has 0 aliphatic rings. The Morgan fingerprint density at radius 3 is 2.52 bits per heavy atom. The Balaban J connectivity index is 1.47. The molecule has 1 aromatic heterocycles. The summed E-state index contributed by atoms with van der Waals surface area (Å²) in [5, 5.41) is 8.07. The largest absolute Gasteiger partial charge is 0.497 e. The minimum absolute atomic E-state index is 0.877. The fourth-order valence-electron chi connectivity index (χ4n) is 2.50. The molecule has 0 aliphatic heterocycles. The zero-order chi connectivity index (χ0) is 15.9. The molecule has 118 valence electrons. The van der Waals surface area contributed by atoms with Crippen molar-refractivity contribution in [2.75, 3.05) is 30.8 Å². The van der Waals surface area contributed by atoms with Gasteiger partial charge in [-0.15, -0.1) is 0 Å². The summed E-state index contributed by atoms with van der Waals surface area (Å²) in [6, 6.07) is 18.2. The van der Waals surface area contributed by atoms with E-state index < -0.39 is 0 Å². The molecule has 0 radical (unpaired) electrons. The van der Waals surface area contributed by atoms with E-state index in [1.165, 1.54) is 0 Å². The van der Waals surface area contributed by atoms with Crippen LogP contribution in [0.25, 0.3) is 10.9 Å². The fraction of sp³-hybridized carbons (Fsp3) is 0.211. The molecule has 2 N–H and O–H groups in total. The van der Waals surface area contributed by atoms with E-state index in [1.807, 2.05) is 54.7 Å². The molecule has 0 saturated carbocycles. The van der Waals surface area contributed by atoms with Gasteiger partial charge in [0.2, 0.25) is 0 Å². The van der Waals surface area contributed by atoms with Crippen molar-refractivity contribution in [3.63, 3.8) is 0 Å². The summed E-state index contributed by atoms with van der Waals surface area (Å²) < 4.78 is 5.15. The lowest BCUT2D eigenvalue weighted by Gasteiger charge is -2.10. The van der Waals surface area contributed by atoms with Gasteiger partial charge in [0.05, 0.1) is 12.6 Å². The highest BCUT2D eigenvalue weighted by molar-refractivity contribution is 5.90. The summed E-state index contributed by atoms with van der Waals surface area (Å²) in [6.45, 7) is 1.83. The number of para-hydroxylation sites is 1. The van der Waals surface area contributed by atoms with E-state index in [0.29, 0.717) is 0 Å². The van der Waals surface area contributed by atoms with E-state index in [0.717, 1.165) is 47.5 Å². The van der Waals surface area contributed by atoms with Crippen LogP contribution < -0.4 is 15.4 Å². The number of nitrogens with zero attached hydrogens (tertiary/aromatic N) is 1. The second kappa shape index (κ2) is 7.49. The van der Waals surface area contributed by atoms with Crippen molar-refractivity contribution in [2.45, 2.75) is 6.42 Å². The van der Waals surface area contributed by atoms with Gasteiger partial charge in [0, 0.05) is 36.0 Å². The third kappa shape index (κ3) is 3.92. The van der Waals surface area contributed by atoms with E-state index in [2.05, 4.69) is 21.7 Å². The number of anilines is 2. The van der Waals surface area contributed by atoms with Crippen LogP contribution in [-0.2, 0) is 0 Å². The van der Waals surface area contributed by atoms with Crippen LogP contribution in [0.3, 0.4) is 0 Å². The van der Waals surface area contributed by atoms with Gasteiger partial charge in [-0.05, 0) is 42.8 Å². The van der Waals surface area contributed by atoms with Crippen molar-refractivity contribution >= 4 is 22.3 Å². The number of rotatable bonds is 7. The Hall–Kier alpha value is -2.75. The number of pyridine rings is 1. The van der Waals surface area contributed by atoms with Gasteiger partial charge in [-0.2, -0.15) is 0 Å². The minimum Gasteiger partial charge on any atom is -0.497 e. The highest BCUT2D eigenvalue weighted by Crippen LogP contribution is 2.20. The third-order valence-corrected chi connectivity index (χ3v) is 3.74. The normalized spacial score (nSPS) is 10.5. The van der Waals surface area contributed by atoms with Crippen LogP contribution in [0.1, 0.15) is 6.42 Å². The van der Waals surface area contributed by atoms with Gasteiger partial charge in [0.15, 0.2) is 0 Å². The van der Waals surface area contributed by atoms with Crippen molar-refractivity contribution in [3.05, 3.63) is 60.8 Å². The molecule has 0 fully saturated rings. The summed E-state index contributed by atoms with van der Waals surface area (Å²) in [6.07, 6.45) is 2.88. The highest BCUT2D eigenvalue weighted by Gasteiger charge is 2.00. The van der Waals surface area contributed by atoms with Crippen LogP contribution in [0.15, 0.2) is 60.8 Å². The summed E-state index contributed by atoms with van der Waals surface area (Å²) in [5.41, 5.74) is 3.27. The lowest BCUT2D eigenvalue weighted by Crippen LogP contribution is -2.09. The Morgan fingerprint density at radius 2 is 1.70 bits per heavy atom. The van der Waals surface area contributed by atoms with Crippen LogP contribution in [-0.4, -0.2) is 25.2 Å². The molecule has 0 unspecified atom stereocenters. The second-order valence-electron chi connectivity index (χ2n) is 5.31. The van der Waals surface area contributed by atoms with E-state index >= 15 is 0 Å². The first-order valence-electron chi connectivity index (χ1n) is 7.82. The topological polar surface area (TPSA) is 46.2 Å². The van der Waals surface area contributed by atoms with E-state index in [9.17, 15) is 0 Å². The van der Waals surface area contributed by atoms with Gasteiger partial charge in [-0.25, -0.2) is 0 Å². The SMILES string of the molecule is COc1ccc(NCCCNc2ccnc3ccccc23)cc1. The molecule has 1 heterocycles.